The number of fused-ring (bicyclic) bond motifs is 2. The Morgan fingerprint density at radius 3 is 2.58 bits per heavy atom. The van der Waals surface area contributed by atoms with Crippen LogP contribution in [-0.4, -0.2) is 5.91 Å². The van der Waals surface area contributed by atoms with Crippen molar-refractivity contribution in [2.24, 2.45) is 0 Å². The molecule has 0 saturated carbocycles. The van der Waals surface area contributed by atoms with E-state index in [4.69, 9.17) is 4.42 Å². The van der Waals surface area contributed by atoms with Crippen molar-refractivity contribution < 1.29 is 9.21 Å². The summed E-state index contributed by atoms with van der Waals surface area (Å²) in [5.41, 5.74) is 6.07. The molecule has 1 amide bonds. The Morgan fingerprint density at radius 1 is 0.923 bits per heavy atom. The van der Waals surface area contributed by atoms with Crippen molar-refractivity contribution >= 4 is 23.2 Å². The Labute approximate surface area is 152 Å². The predicted octanol–water partition coefficient (Wildman–Crippen LogP) is 5.32. The van der Waals surface area contributed by atoms with E-state index in [9.17, 15) is 4.79 Å². The molecule has 0 saturated heterocycles. The van der Waals surface area contributed by atoms with Crippen LogP contribution in [0.2, 0.25) is 0 Å². The molecular formula is C23H19NO2. The zero-order chi connectivity index (χ0) is 17.5. The molecule has 5 rings (SSSR count). The van der Waals surface area contributed by atoms with Crippen molar-refractivity contribution in [3.8, 4) is 11.1 Å². The van der Waals surface area contributed by atoms with Crippen LogP contribution in [0, 0.1) is 0 Å². The molecule has 3 heteroatoms. The fraction of sp³-hybridized carbons (Fsp3) is 0.174. The highest BCUT2D eigenvalue weighted by molar-refractivity contribution is 6.35. The summed E-state index contributed by atoms with van der Waals surface area (Å²) in [7, 11) is 0. The minimum Gasteiger partial charge on any atom is -0.461 e. The number of amides is 1. The topological polar surface area (TPSA) is 42.2 Å². The zero-order valence-electron chi connectivity index (χ0n) is 14.4. The van der Waals surface area contributed by atoms with E-state index in [1.165, 1.54) is 12.0 Å². The van der Waals surface area contributed by atoms with Gasteiger partial charge in [0.2, 0.25) is 0 Å². The van der Waals surface area contributed by atoms with Gasteiger partial charge in [-0.3, -0.25) is 4.79 Å². The molecule has 0 bridgehead atoms. The van der Waals surface area contributed by atoms with Crippen LogP contribution >= 0.6 is 0 Å². The number of nitrogens with one attached hydrogen (secondary N) is 1. The number of anilines is 1. The molecule has 1 aliphatic heterocycles. The largest absolute Gasteiger partial charge is 0.461 e. The standard InChI is InChI=1S/C23H19NO2/c25-23-18(16-10-4-6-12-19(16)24-23)14-21-22(15-8-2-1-3-9-15)17-11-5-7-13-20(17)26-21/h1-4,6,8-10,12,14H,5,7,11,13H2,(H,24,25). The maximum Gasteiger partial charge on any atom is 0.256 e. The number of hydrogen-bond acceptors (Lipinski definition) is 2. The third-order valence-electron chi connectivity index (χ3n) is 5.25. The summed E-state index contributed by atoms with van der Waals surface area (Å²) < 4.78 is 6.26. The number of furan rings is 1. The number of aryl methyl sites for hydroxylation is 1. The second-order valence-corrected chi connectivity index (χ2v) is 6.87. The van der Waals surface area contributed by atoms with Gasteiger partial charge in [-0.1, -0.05) is 48.5 Å². The first-order valence-corrected chi connectivity index (χ1v) is 9.13. The summed E-state index contributed by atoms with van der Waals surface area (Å²) in [6.07, 6.45) is 6.28. The number of benzene rings is 2. The molecule has 1 aliphatic carbocycles. The second-order valence-electron chi connectivity index (χ2n) is 6.87. The van der Waals surface area contributed by atoms with Gasteiger partial charge in [0.05, 0.1) is 5.57 Å². The maximum atomic E-state index is 12.5. The quantitative estimate of drug-likeness (QED) is 0.641. The molecule has 3 aromatic rings. The van der Waals surface area contributed by atoms with E-state index in [0.717, 1.165) is 53.2 Å². The van der Waals surface area contributed by atoms with Crippen molar-refractivity contribution in [3.05, 3.63) is 77.2 Å². The third kappa shape index (κ3) is 2.39. The molecular weight excluding hydrogens is 322 g/mol. The predicted molar refractivity (Wildman–Crippen MR) is 104 cm³/mol. The molecule has 1 N–H and O–H groups in total. The Kier molecular flexibility index (Phi) is 3.52. The highest BCUT2D eigenvalue weighted by atomic mass is 16.3. The second kappa shape index (κ2) is 6.03. The van der Waals surface area contributed by atoms with E-state index >= 15 is 0 Å². The molecule has 128 valence electrons. The molecule has 3 nitrogen and oxygen atoms in total. The molecule has 2 heterocycles. The van der Waals surface area contributed by atoms with Crippen LogP contribution in [0.25, 0.3) is 22.8 Å². The van der Waals surface area contributed by atoms with E-state index in [0.29, 0.717) is 5.57 Å². The monoisotopic (exact) mass is 341 g/mol. The first-order valence-electron chi connectivity index (χ1n) is 9.13. The lowest BCUT2D eigenvalue weighted by atomic mass is 9.91. The smallest absolute Gasteiger partial charge is 0.256 e. The van der Waals surface area contributed by atoms with Crippen LogP contribution in [-0.2, 0) is 17.6 Å². The Morgan fingerprint density at radius 2 is 1.69 bits per heavy atom. The zero-order valence-corrected chi connectivity index (χ0v) is 14.4. The van der Waals surface area contributed by atoms with E-state index < -0.39 is 0 Å². The van der Waals surface area contributed by atoms with Gasteiger partial charge >= 0.3 is 0 Å². The Bertz CT molecular complexity index is 1030. The average molecular weight is 341 g/mol. The average Bonchev–Trinajstić information content (AvgIpc) is 3.20. The highest BCUT2D eigenvalue weighted by Crippen LogP contribution is 2.40. The van der Waals surface area contributed by atoms with Crippen molar-refractivity contribution in [2.45, 2.75) is 25.7 Å². The summed E-state index contributed by atoms with van der Waals surface area (Å²) in [5.74, 6) is 1.80. The van der Waals surface area contributed by atoms with Gasteiger partial charge in [0, 0.05) is 28.8 Å². The molecule has 2 aromatic carbocycles. The van der Waals surface area contributed by atoms with E-state index in [-0.39, 0.29) is 5.91 Å². The van der Waals surface area contributed by atoms with Gasteiger partial charge in [-0.2, -0.15) is 0 Å². The lowest BCUT2D eigenvalue weighted by molar-refractivity contribution is -0.110. The van der Waals surface area contributed by atoms with Crippen LogP contribution in [0.15, 0.2) is 59.0 Å². The fourth-order valence-corrected chi connectivity index (χ4v) is 4.02. The number of rotatable bonds is 2. The van der Waals surface area contributed by atoms with Crippen molar-refractivity contribution in [1.82, 2.24) is 0 Å². The molecule has 0 atom stereocenters. The van der Waals surface area contributed by atoms with Gasteiger partial charge in [-0.15, -0.1) is 0 Å². The van der Waals surface area contributed by atoms with Gasteiger partial charge in [-0.25, -0.2) is 0 Å². The van der Waals surface area contributed by atoms with Crippen LogP contribution in [0.1, 0.15) is 35.5 Å². The van der Waals surface area contributed by atoms with E-state index in [1.807, 2.05) is 48.5 Å². The van der Waals surface area contributed by atoms with Crippen LogP contribution in [0.3, 0.4) is 0 Å². The van der Waals surface area contributed by atoms with Crippen molar-refractivity contribution in [2.75, 3.05) is 5.32 Å². The van der Waals surface area contributed by atoms with Crippen LogP contribution in [0.4, 0.5) is 5.69 Å². The molecule has 0 fully saturated rings. The maximum absolute atomic E-state index is 12.5. The minimum absolute atomic E-state index is 0.0698. The summed E-state index contributed by atoms with van der Waals surface area (Å²) in [6, 6.07) is 18.1. The normalized spacial score (nSPS) is 17.1. The fourth-order valence-electron chi connectivity index (χ4n) is 4.02. The first kappa shape index (κ1) is 15.2. The van der Waals surface area contributed by atoms with Gasteiger partial charge in [0.25, 0.3) is 5.91 Å². The molecule has 26 heavy (non-hydrogen) atoms. The molecule has 2 aliphatic rings. The lowest BCUT2D eigenvalue weighted by Gasteiger charge is -2.11. The van der Waals surface area contributed by atoms with E-state index in [2.05, 4.69) is 17.4 Å². The summed E-state index contributed by atoms with van der Waals surface area (Å²) >= 11 is 0. The molecule has 0 unspecified atom stereocenters. The SMILES string of the molecule is O=C1Nc2ccccc2C1=Cc1oc2c(c1-c1ccccc1)CCCC2. The Hall–Kier alpha value is -3.07. The summed E-state index contributed by atoms with van der Waals surface area (Å²) in [6.45, 7) is 0. The molecule has 0 spiro atoms. The van der Waals surface area contributed by atoms with Crippen molar-refractivity contribution in [3.63, 3.8) is 0 Å². The number of para-hydroxylation sites is 1. The number of carbonyl (C=O) groups excluding carboxylic acids is 1. The molecule has 1 aromatic heterocycles. The Balaban J connectivity index is 1.71. The van der Waals surface area contributed by atoms with Crippen LogP contribution < -0.4 is 5.32 Å². The van der Waals surface area contributed by atoms with Gasteiger partial charge in [0.1, 0.15) is 11.5 Å². The molecule has 0 radical (unpaired) electrons. The van der Waals surface area contributed by atoms with Crippen LogP contribution in [0.5, 0.6) is 0 Å². The van der Waals surface area contributed by atoms with E-state index in [1.54, 1.807) is 0 Å². The first-order chi connectivity index (χ1) is 12.8. The van der Waals surface area contributed by atoms with Gasteiger partial charge in [0.15, 0.2) is 0 Å². The highest BCUT2D eigenvalue weighted by Gasteiger charge is 2.27. The number of hydrogen-bond donors (Lipinski definition) is 1. The summed E-state index contributed by atoms with van der Waals surface area (Å²) in [5, 5.41) is 2.94. The lowest BCUT2D eigenvalue weighted by Crippen LogP contribution is -2.03. The van der Waals surface area contributed by atoms with Gasteiger partial charge < -0.3 is 9.73 Å². The third-order valence-corrected chi connectivity index (χ3v) is 5.25. The van der Waals surface area contributed by atoms with Gasteiger partial charge in [-0.05, 0) is 37.0 Å². The minimum atomic E-state index is -0.0698. The summed E-state index contributed by atoms with van der Waals surface area (Å²) in [4.78, 5) is 12.5. The number of carbonyl (C=O) groups is 1. The van der Waals surface area contributed by atoms with Crippen molar-refractivity contribution in [1.29, 1.82) is 0 Å².